The average molecular weight is 490 g/mol. The molecule has 0 radical (unpaired) electrons. The Bertz CT molecular complexity index is 1770. The molecule has 1 aliphatic rings. The predicted octanol–water partition coefficient (Wildman–Crippen LogP) is 3.16. The van der Waals surface area contributed by atoms with Gasteiger partial charge in [-0.1, -0.05) is 42.5 Å². The highest BCUT2D eigenvalue weighted by Crippen LogP contribution is 2.27. The molecule has 0 aliphatic carbocycles. The summed E-state index contributed by atoms with van der Waals surface area (Å²) < 4.78 is 1.46. The Morgan fingerprint density at radius 3 is 2.49 bits per heavy atom. The molecule has 3 heterocycles. The molecule has 0 unspecified atom stereocenters. The number of hydrogen-bond donors (Lipinski definition) is 2. The highest BCUT2D eigenvalue weighted by molar-refractivity contribution is 6.22. The van der Waals surface area contributed by atoms with Crippen molar-refractivity contribution in [3.63, 3.8) is 0 Å². The van der Waals surface area contributed by atoms with Crippen LogP contribution in [-0.4, -0.2) is 42.4 Å². The fraction of sp³-hybridized carbons (Fsp3) is 0.0370. The Morgan fingerprint density at radius 2 is 1.65 bits per heavy atom. The number of amides is 3. The molecule has 1 aliphatic heterocycles. The number of imide groups is 1. The van der Waals surface area contributed by atoms with Gasteiger partial charge in [-0.3, -0.25) is 24.1 Å². The Balaban J connectivity index is 1.29. The number of aromatic amines is 1. The molecule has 10 heteroatoms. The summed E-state index contributed by atoms with van der Waals surface area (Å²) >= 11 is 0. The van der Waals surface area contributed by atoms with Crippen LogP contribution in [0.1, 0.15) is 36.6 Å². The fourth-order valence-electron chi connectivity index (χ4n) is 4.33. The first-order valence-corrected chi connectivity index (χ1v) is 11.4. The Hall–Kier alpha value is -5.38. The van der Waals surface area contributed by atoms with Gasteiger partial charge >= 0.3 is 0 Å². The lowest BCUT2D eigenvalue weighted by atomic mass is 10.1. The molecule has 0 saturated carbocycles. The molecule has 180 valence electrons. The van der Waals surface area contributed by atoms with E-state index < -0.39 is 17.7 Å². The molecule has 5 aromatic rings. The van der Waals surface area contributed by atoms with E-state index in [1.807, 2.05) is 30.3 Å². The lowest BCUT2D eigenvalue weighted by Gasteiger charge is -2.13. The number of H-pyrrole nitrogens is 1. The Morgan fingerprint density at radius 1 is 0.892 bits per heavy atom. The molecule has 0 spiro atoms. The summed E-state index contributed by atoms with van der Waals surface area (Å²) in [6.07, 6.45) is 2.69. The third-order valence-corrected chi connectivity index (χ3v) is 6.17. The predicted molar refractivity (Wildman–Crippen MR) is 135 cm³/mol. The second-order valence-electron chi connectivity index (χ2n) is 8.44. The number of benzene rings is 3. The zero-order valence-corrected chi connectivity index (χ0v) is 19.2. The molecule has 37 heavy (non-hydrogen) atoms. The van der Waals surface area contributed by atoms with Crippen LogP contribution in [0.5, 0.6) is 0 Å². The minimum atomic E-state index is -0.473. The van der Waals surface area contributed by atoms with Gasteiger partial charge in [0, 0.05) is 5.56 Å². The normalized spacial score (nSPS) is 12.7. The zero-order valence-electron chi connectivity index (χ0n) is 19.2. The maximum Gasteiger partial charge on any atom is 0.261 e. The van der Waals surface area contributed by atoms with E-state index in [2.05, 4.69) is 20.4 Å². The highest BCUT2D eigenvalue weighted by Gasteiger charge is 2.36. The van der Waals surface area contributed by atoms with Crippen molar-refractivity contribution in [3.05, 3.63) is 118 Å². The van der Waals surface area contributed by atoms with Gasteiger partial charge in [0.2, 0.25) is 0 Å². The van der Waals surface area contributed by atoms with Gasteiger partial charge in [0.1, 0.15) is 5.39 Å². The van der Waals surface area contributed by atoms with Crippen LogP contribution in [0.25, 0.3) is 16.7 Å². The second kappa shape index (κ2) is 8.68. The van der Waals surface area contributed by atoms with Crippen LogP contribution >= 0.6 is 0 Å². The largest absolute Gasteiger partial charge is 0.320 e. The van der Waals surface area contributed by atoms with Crippen LogP contribution in [0, 0.1) is 0 Å². The summed E-state index contributed by atoms with van der Waals surface area (Å²) in [5.74, 6) is -1.31. The maximum absolute atomic E-state index is 13.2. The van der Waals surface area contributed by atoms with Gasteiger partial charge in [-0.2, -0.15) is 5.10 Å². The van der Waals surface area contributed by atoms with Crippen LogP contribution in [0.2, 0.25) is 0 Å². The van der Waals surface area contributed by atoms with E-state index in [4.69, 9.17) is 0 Å². The first kappa shape index (κ1) is 22.1. The monoisotopic (exact) mass is 490 g/mol. The van der Waals surface area contributed by atoms with E-state index in [-0.39, 0.29) is 28.8 Å². The second-order valence-corrected chi connectivity index (χ2v) is 8.44. The molecule has 3 amide bonds. The van der Waals surface area contributed by atoms with E-state index in [1.165, 1.54) is 40.3 Å². The number of nitrogens with one attached hydrogen (secondary N) is 2. The molecular formula is C27H18N6O4. The van der Waals surface area contributed by atoms with Gasteiger partial charge < -0.3 is 10.3 Å². The molecule has 2 N–H and O–H groups in total. The minimum absolute atomic E-state index is 0.150. The van der Waals surface area contributed by atoms with Crippen molar-refractivity contribution >= 4 is 34.4 Å². The van der Waals surface area contributed by atoms with Crippen molar-refractivity contribution < 1.29 is 14.4 Å². The maximum atomic E-state index is 13.2. The zero-order chi connectivity index (χ0) is 25.5. The number of para-hydroxylation sites is 2. The molecule has 2 aromatic heterocycles. The van der Waals surface area contributed by atoms with Crippen molar-refractivity contribution in [3.8, 4) is 5.69 Å². The number of aromatic nitrogens is 4. The quantitative estimate of drug-likeness (QED) is 0.364. The summed E-state index contributed by atoms with van der Waals surface area (Å²) in [6, 6.07) is 20.6. The SMILES string of the molecule is O=C(Nc1ccccc1-n1ncc2c(=O)[nH]cnc21)c1ccc2c(c1)C(=O)N(Cc1ccccc1)C2=O. The molecular weight excluding hydrogens is 472 g/mol. The lowest BCUT2D eigenvalue weighted by molar-refractivity contribution is 0.0642. The van der Waals surface area contributed by atoms with Crippen molar-refractivity contribution in [2.45, 2.75) is 6.54 Å². The third-order valence-electron chi connectivity index (χ3n) is 6.17. The van der Waals surface area contributed by atoms with Gasteiger partial charge in [-0.15, -0.1) is 0 Å². The van der Waals surface area contributed by atoms with Crippen LogP contribution in [0.15, 0.2) is 90.1 Å². The molecule has 0 saturated heterocycles. The van der Waals surface area contributed by atoms with Crippen molar-refractivity contribution in [2.24, 2.45) is 0 Å². The first-order valence-electron chi connectivity index (χ1n) is 11.4. The highest BCUT2D eigenvalue weighted by atomic mass is 16.2. The van der Waals surface area contributed by atoms with Crippen molar-refractivity contribution in [1.82, 2.24) is 24.6 Å². The third kappa shape index (κ3) is 3.76. The van der Waals surface area contributed by atoms with Crippen LogP contribution < -0.4 is 10.9 Å². The standard InChI is InChI=1S/C27H18N6O4/c34-24(31-21-8-4-5-9-22(21)33-23-20(13-30-33)25(35)29-15-28-23)17-10-11-18-19(12-17)27(37)32(26(18)36)14-16-6-2-1-3-7-16/h1-13,15H,14H2,(H,31,34)(H,28,29,35). The van der Waals surface area contributed by atoms with Crippen LogP contribution in [0.4, 0.5) is 5.69 Å². The van der Waals surface area contributed by atoms with Gasteiger partial charge in [0.25, 0.3) is 23.3 Å². The summed E-state index contributed by atoms with van der Waals surface area (Å²) in [4.78, 5) is 59.0. The number of carbonyl (C=O) groups is 3. The molecule has 0 fully saturated rings. The summed E-state index contributed by atoms with van der Waals surface area (Å²) in [6.45, 7) is 0.150. The molecule has 0 atom stereocenters. The number of nitrogens with zero attached hydrogens (tertiary/aromatic N) is 4. The van der Waals surface area contributed by atoms with E-state index >= 15 is 0 Å². The molecule has 10 nitrogen and oxygen atoms in total. The van der Waals surface area contributed by atoms with Crippen LogP contribution in [0.3, 0.4) is 0 Å². The Kier molecular flexibility index (Phi) is 5.19. The van der Waals surface area contributed by atoms with E-state index in [9.17, 15) is 19.2 Å². The van der Waals surface area contributed by atoms with E-state index in [0.29, 0.717) is 22.4 Å². The topological polar surface area (TPSA) is 130 Å². The van der Waals surface area contributed by atoms with Gasteiger partial charge in [0.05, 0.1) is 41.6 Å². The molecule has 6 rings (SSSR count). The number of anilines is 1. The first-order chi connectivity index (χ1) is 18.0. The summed E-state index contributed by atoms with van der Waals surface area (Å²) in [7, 11) is 0. The number of carbonyl (C=O) groups excluding carboxylic acids is 3. The van der Waals surface area contributed by atoms with Gasteiger partial charge in [-0.05, 0) is 35.9 Å². The number of rotatable bonds is 5. The lowest BCUT2D eigenvalue weighted by Crippen LogP contribution is -2.29. The van der Waals surface area contributed by atoms with E-state index in [1.54, 1.807) is 24.3 Å². The van der Waals surface area contributed by atoms with Gasteiger partial charge in [-0.25, -0.2) is 9.67 Å². The van der Waals surface area contributed by atoms with E-state index in [0.717, 1.165) is 5.56 Å². The molecule has 3 aromatic carbocycles. The molecule has 0 bridgehead atoms. The van der Waals surface area contributed by atoms with Crippen molar-refractivity contribution in [1.29, 1.82) is 0 Å². The van der Waals surface area contributed by atoms with Gasteiger partial charge in [0.15, 0.2) is 5.65 Å². The number of hydrogen-bond acceptors (Lipinski definition) is 6. The van der Waals surface area contributed by atoms with Crippen LogP contribution in [-0.2, 0) is 6.54 Å². The number of fused-ring (bicyclic) bond motifs is 2. The smallest absolute Gasteiger partial charge is 0.261 e. The average Bonchev–Trinajstić information content (AvgIpc) is 3.45. The van der Waals surface area contributed by atoms with Crippen molar-refractivity contribution in [2.75, 3.05) is 5.32 Å². The Labute approximate surface area is 209 Å². The summed E-state index contributed by atoms with van der Waals surface area (Å²) in [5, 5.41) is 7.42. The fourth-order valence-corrected chi connectivity index (χ4v) is 4.33. The summed E-state index contributed by atoms with van der Waals surface area (Å²) in [5.41, 5.74) is 2.44. The minimum Gasteiger partial charge on any atom is -0.320 e.